The molecule has 94 valence electrons. The van der Waals surface area contributed by atoms with E-state index in [9.17, 15) is 4.79 Å². The standard InChI is InChI=1S/C14H16N2O2/c1-3-18-13-6-4-12(5-7-13)14(9-17)16-8-11(2)15-10-16/h4-10,14H,3H2,1-2H3. The molecule has 0 saturated heterocycles. The topological polar surface area (TPSA) is 44.1 Å². The van der Waals surface area contributed by atoms with Gasteiger partial charge in [0.05, 0.1) is 18.6 Å². The van der Waals surface area contributed by atoms with Crippen LogP contribution in [0.15, 0.2) is 36.8 Å². The van der Waals surface area contributed by atoms with E-state index in [1.807, 2.05) is 44.3 Å². The van der Waals surface area contributed by atoms with Gasteiger partial charge in [0.2, 0.25) is 0 Å². The van der Waals surface area contributed by atoms with Crippen LogP contribution in [0.2, 0.25) is 0 Å². The second kappa shape index (κ2) is 5.49. The maximum atomic E-state index is 11.2. The van der Waals surface area contributed by atoms with E-state index in [2.05, 4.69) is 4.98 Å². The smallest absolute Gasteiger partial charge is 0.147 e. The number of aryl methyl sites for hydroxylation is 1. The van der Waals surface area contributed by atoms with Crippen LogP contribution in [0, 0.1) is 6.92 Å². The number of carbonyl (C=O) groups is 1. The van der Waals surface area contributed by atoms with Crippen LogP contribution in [0.25, 0.3) is 0 Å². The molecular weight excluding hydrogens is 228 g/mol. The fraction of sp³-hybridized carbons (Fsp3) is 0.286. The molecule has 1 aromatic heterocycles. The number of benzene rings is 1. The highest BCUT2D eigenvalue weighted by molar-refractivity contribution is 5.62. The van der Waals surface area contributed by atoms with Gasteiger partial charge in [-0.05, 0) is 31.5 Å². The summed E-state index contributed by atoms with van der Waals surface area (Å²) in [5.41, 5.74) is 1.82. The minimum Gasteiger partial charge on any atom is -0.494 e. The maximum Gasteiger partial charge on any atom is 0.147 e. The predicted octanol–water partition coefficient (Wildman–Crippen LogP) is 2.38. The molecule has 0 aliphatic heterocycles. The third-order valence-electron chi connectivity index (χ3n) is 2.71. The Morgan fingerprint density at radius 2 is 2.11 bits per heavy atom. The number of carbonyl (C=O) groups excluding carboxylic acids is 1. The average molecular weight is 244 g/mol. The van der Waals surface area contributed by atoms with Crippen LogP contribution in [0.3, 0.4) is 0 Å². The Hall–Kier alpha value is -2.10. The highest BCUT2D eigenvalue weighted by atomic mass is 16.5. The second-order valence-corrected chi connectivity index (χ2v) is 4.05. The SMILES string of the molecule is CCOc1ccc(C(C=O)n2cnc(C)c2)cc1. The lowest BCUT2D eigenvalue weighted by Crippen LogP contribution is -2.10. The first-order valence-corrected chi connectivity index (χ1v) is 5.92. The van der Waals surface area contributed by atoms with E-state index in [-0.39, 0.29) is 6.04 Å². The van der Waals surface area contributed by atoms with Gasteiger partial charge in [-0.2, -0.15) is 0 Å². The minimum absolute atomic E-state index is 0.332. The highest BCUT2D eigenvalue weighted by Crippen LogP contribution is 2.20. The first kappa shape index (κ1) is 12.4. The highest BCUT2D eigenvalue weighted by Gasteiger charge is 2.12. The van der Waals surface area contributed by atoms with Gasteiger partial charge in [0.1, 0.15) is 18.1 Å². The van der Waals surface area contributed by atoms with E-state index < -0.39 is 0 Å². The number of rotatable bonds is 5. The van der Waals surface area contributed by atoms with Crippen molar-refractivity contribution in [3.8, 4) is 5.75 Å². The zero-order valence-electron chi connectivity index (χ0n) is 10.5. The van der Waals surface area contributed by atoms with Gasteiger partial charge in [-0.15, -0.1) is 0 Å². The number of imidazole rings is 1. The molecule has 1 aromatic carbocycles. The fourth-order valence-corrected chi connectivity index (χ4v) is 1.84. The molecule has 4 heteroatoms. The molecule has 1 atom stereocenters. The van der Waals surface area contributed by atoms with Crippen LogP contribution in [-0.2, 0) is 4.79 Å². The van der Waals surface area contributed by atoms with Crippen LogP contribution in [-0.4, -0.2) is 22.4 Å². The molecule has 0 spiro atoms. The first-order chi connectivity index (χ1) is 8.74. The molecule has 1 unspecified atom stereocenters. The Kier molecular flexibility index (Phi) is 3.77. The van der Waals surface area contributed by atoms with E-state index in [1.165, 1.54) is 0 Å². The Balaban J connectivity index is 2.25. The second-order valence-electron chi connectivity index (χ2n) is 4.05. The molecule has 0 N–H and O–H groups in total. The zero-order chi connectivity index (χ0) is 13.0. The monoisotopic (exact) mass is 244 g/mol. The summed E-state index contributed by atoms with van der Waals surface area (Å²) in [5.74, 6) is 0.813. The Bertz CT molecular complexity index is 517. The van der Waals surface area contributed by atoms with Crippen molar-refractivity contribution in [3.63, 3.8) is 0 Å². The van der Waals surface area contributed by atoms with E-state index in [0.29, 0.717) is 6.61 Å². The molecule has 0 radical (unpaired) electrons. The number of ether oxygens (including phenoxy) is 1. The molecule has 0 bridgehead atoms. The lowest BCUT2D eigenvalue weighted by molar-refractivity contribution is -0.109. The van der Waals surface area contributed by atoms with Crippen LogP contribution < -0.4 is 4.74 Å². The van der Waals surface area contributed by atoms with Crippen molar-refractivity contribution in [2.75, 3.05) is 6.61 Å². The van der Waals surface area contributed by atoms with Gasteiger partial charge in [0.25, 0.3) is 0 Å². The van der Waals surface area contributed by atoms with E-state index >= 15 is 0 Å². The van der Waals surface area contributed by atoms with Gasteiger partial charge < -0.3 is 14.1 Å². The van der Waals surface area contributed by atoms with Gasteiger partial charge in [-0.1, -0.05) is 12.1 Å². The quantitative estimate of drug-likeness (QED) is 0.758. The minimum atomic E-state index is -0.332. The predicted molar refractivity (Wildman–Crippen MR) is 68.8 cm³/mol. The lowest BCUT2D eigenvalue weighted by atomic mass is 10.1. The Morgan fingerprint density at radius 3 is 2.61 bits per heavy atom. The van der Waals surface area contributed by atoms with Gasteiger partial charge in [0.15, 0.2) is 0 Å². The van der Waals surface area contributed by atoms with E-state index in [4.69, 9.17) is 4.74 Å². The molecule has 0 amide bonds. The third-order valence-corrected chi connectivity index (χ3v) is 2.71. The summed E-state index contributed by atoms with van der Waals surface area (Å²) >= 11 is 0. The molecule has 0 aliphatic carbocycles. The van der Waals surface area contributed by atoms with Crippen LogP contribution in [0.1, 0.15) is 24.2 Å². The van der Waals surface area contributed by atoms with Crippen LogP contribution in [0.5, 0.6) is 5.75 Å². The molecular formula is C14H16N2O2. The van der Waals surface area contributed by atoms with Crippen molar-refractivity contribution < 1.29 is 9.53 Å². The molecule has 1 heterocycles. The summed E-state index contributed by atoms with van der Waals surface area (Å²) < 4.78 is 7.18. The van der Waals surface area contributed by atoms with Crippen molar-refractivity contribution >= 4 is 6.29 Å². The number of aldehydes is 1. The Morgan fingerprint density at radius 1 is 1.39 bits per heavy atom. The van der Waals surface area contributed by atoms with Gasteiger partial charge >= 0.3 is 0 Å². The summed E-state index contributed by atoms with van der Waals surface area (Å²) in [6.07, 6.45) is 4.44. The summed E-state index contributed by atoms with van der Waals surface area (Å²) in [7, 11) is 0. The molecule has 0 fully saturated rings. The first-order valence-electron chi connectivity index (χ1n) is 5.92. The average Bonchev–Trinajstić information content (AvgIpc) is 2.79. The molecule has 4 nitrogen and oxygen atoms in total. The van der Waals surface area contributed by atoms with Crippen molar-refractivity contribution in [3.05, 3.63) is 48.0 Å². The van der Waals surface area contributed by atoms with Crippen molar-refractivity contribution in [1.82, 2.24) is 9.55 Å². The maximum absolute atomic E-state index is 11.2. The van der Waals surface area contributed by atoms with E-state index in [0.717, 1.165) is 23.3 Å². The van der Waals surface area contributed by atoms with Crippen molar-refractivity contribution in [2.45, 2.75) is 19.9 Å². The number of hydrogen-bond donors (Lipinski definition) is 0. The van der Waals surface area contributed by atoms with Crippen LogP contribution >= 0.6 is 0 Å². The largest absolute Gasteiger partial charge is 0.494 e. The molecule has 18 heavy (non-hydrogen) atoms. The molecule has 0 saturated carbocycles. The van der Waals surface area contributed by atoms with Crippen molar-refractivity contribution in [1.29, 1.82) is 0 Å². The third kappa shape index (κ3) is 2.59. The summed E-state index contributed by atoms with van der Waals surface area (Å²) in [4.78, 5) is 15.4. The lowest BCUT2D eigenvalue weighted by Gasteiger charge is -2.12. The summed E-state index contributed by atoms with van der Waals surface area (Å²) in [6, 6.07) is 7.22. The van der Waals surface area contributed by atoms with Gasteiger partial charge in [-0.25, -0.2) is 4.98 Å². The van der Waals surface area contributed by atoms with E-state index in [1.54, 1.807) is 10.9 Å². The number of aromatic nitrogens is 2. The Labute approximate surface area is 106 Å². The molecule has 2 aromatic rings. The van der Waals surface area contributed by atoms with Crippen molar-refractivity contribution in [2.24, 2.45) is 0 Å². The summed E-state index contributed by atoms with van der Waals surface area (Å²) in [6.45, 7) is 4.48. The number of nitrogens with zero attached hydrogens (tertiary/aromatic N) is 2. The summed E-state index contributed by atoms with van der Waals surface area (Å²) in [5, 5.41) is 0. The fourth-order valence-electron chi connectivity index (χ4n) is 1.84. The zero-order valence-corrected chi connectivity index (χ0v) is 10.5. The normalized spacial score (nSPS) is 12.1. The number of hydrogen-bond acceptors (Lipinski definition) is 3. The van der Waals surface area contributed by atoms with Gasteiger partial charge in [0, 0.05) is 6.20 Å². The molecule has 2 rings (SSSR count). The van der Waals surface area contributed by atoms with Gasteiger partial charge in [-0.3, -0.25) is 0 Å². The van der Waals surface area contributed by atoms with Crippen LogP contribution in [0.4, 0.5) is 0 Å². The molecule has 0 aliphatic rings.